The van der Waals surface area contributed by atoms with Gasteiger partial charge >= 0.3 is 6.18 Å². The van der Waals surface area contributed by atoms with Crippen molar-refractivity contribution >= 4 is 45.8 Å². The molecular formula is C25H16Cl2F3NO5. The fraction of sp³-hybridized carbons (Fsp3) is 0.120. The number of carbonyl (C=O) groups is 1. The summed E-state index contributed by atoms with van der Waals surface area (Å²) in [5, 5.41) is 3.00. The van der Waals surface area contributed by atoms with E-state index in [-0.39, 0.29) is 22.5 Å². The van der Waals surface area contributed by atoms with Crippen LogP contribution >= 0.6 is 23.2 Å². The molecular weight excluding hydrogens is 522 g/mol. The van der Waals surface area contributed by atoms with Crippen LogP contribution in [0, 0.1) is 6.92 Å². The monoisotopic (exact) mass is 537 g/mol. The van der Waals surface area contributed by atoms with Gasteiger partial charge in [-0.1, -0.05) is 40.9 Å². The van der Waals surface area contributed by atoms with Crippen LogP contribution in [0.25, 0.3) is 11.0 Å². The molecule has 0 aliphatic rings. The summed E-state index contributed by atoms with van der Waals surface area (Å²) in [5.74, 6) is -3.09. The van der Waals surface area contributed by atoms with E-state index in [0.29, 0.717) is 15.7 Å². The molecule has 0 fully saturated rings. The number of hydrogen-bond acceptors (Lipinski definition) is 5. The third-order valence-electron chi connectivity index (χ3n) is 4.84. The first-order valence-electron chi connectivity index (χ1n) is 10.3. The van der Waals surface area contributed by atoms with Crippen molar-refractivity contribution in [2.24, 2.45) is 0 Å². The Bertz CT molecular complexity index is 1480. The lowest BCUT2D eigenvalue weighted by Crippen LogP contribution is -2.20. The van der Waals surface area contributed by atoms with E-state index in [1.807, 2.05) is 0 Å². The first kappa shape index (κ1) is 25.4. The lowest BCUT2D eigenvalue weighted by atomic mass is 10.2. The molecule has 0 bridgehead atoms. The standard InChI is InChI=1S/C25H16Cl2F3NO5/c1-13-2-4-17(5-3-13)35-23-22(33)19-7-6-18(11-20(19)36-24(23)25(28,29)30)34-12-21(32)31-16-9-14(26)8-15(27)10-16/h2-11H,12H2,1H3,(H,31,32). The van der Waals surface area contributed by atoms with Gasteiger partial charge in [0.1, 0.15) is 17.1 Å². The highest BCUT2D eigenvalue weighted by Gasteiger charge is 2.40. The van der Waals surface area contributed by atoms with E-state index < -0.39 is 35.6 Å². The van der Waals surface area contributed by atoms with Gasteiger partial charge in [0.05, 0.1) is 5.39 Å². The molecule has 1 heterocycles. The van der Waals surface area contributed by atoms with Crippen molar-refractivity contribution in [1.29, 1.82) is 0 Å². The summed E-state index contributed by atoms with van der Waals surface area (Å²) in [7, 11) is 0. The summed E-state index contributed by atoms with van der Waals surface area (Å²) in [4.78, 5) is 25.1. The highest BCUT2D eigenvalue weighted by molar-refractivity contribution is 6.35. The van der Waals surface area contributed by atoms with Crippen molar-refractivity contribution in [3.63, 3.8) is 0 Å². The molecule has 11 heteroatoms. The molecule has 1 N–H and O–H groups in total. The fourth-order valence-corrected chi connectivity index (χ4v) is 3.75. The van der Waals surface area contributed by atoms with Crippen molar-refractivity contribution in [1.82, 2.24) is 0 Å². The number of nitrogens with one attached hydrogen (secondary N) is 1. The fourth-order valence-electron chi connectivity index (χ4n) is 3.22. The molecule has 6 nitrogen and oxygen atoms in total. The summed E-state index contributed by atoms with van der Waals surface area (Å²) in [6, 6.07) is 14.2. The molecule has 0 saturated heterocycles. The largest absolute Gasteiger partial charge is 0.484 e. The smallest absolute Gasteiger partial charge is 0.453 e. The van der Waals surface area contributed by atoms with E-state index in [1.165, 1.54) is 42.5 Å². The Morgan fingerprint density at radius 3 is 2.25 bits per heavy atom. The number of anilines is 1. The van der Waals surface area contributed by atoms with E-state index in [1.54, 1.807) is 19.1 Å². The van der Waals surface area contributed by atoms with E-state index in [2.05, 4.69) is 5.32 Å². The minimum absolute atomic E-state index is 0.00486. The molecule has 0 unspecified atom stereocenters. The van der Waals surface area contributed by atoms with E-state index in [9.17, 15) is 22.8 Å². The second kappa shape index (κ2) is 10.1. The highest BCUT2D eigenvalue weighted by atomic mass is 35.5. The van der Waals surface area contributed by atoms with Gasteiger partial charge in [0.2, 0.25) is 11.2 Å². The molecule has 36 heavy (non-hydrogen) atoms. The Morgan fingerprint density at radius 2 is 1.61 bits per heavy atom. The van der Waals surface area contributed by atoms with Gasteiger partial charge in [-0.3, -0.25) is 9.59 Å². The van der Waals surface area contributed by atoms with Crippen LogP contribution in [0.2, 0.25) is 10.0 Å². The molecule has 1 amide bonds. The Labute approximate surface area is 212 Å². The molecule has 0 spiro atoms. The molecule has 0 aliphatic heterocycles. The summed E-state index contributed by atoms with van der Waals surface area (Å²) in [6.45, 7) is 1.31. The minimum Gasteiger partial charge on any atom is -0.484 e. The van der Waals surface area contributed by atoms with Gasteiger partial charge in [-0.25, -0.2) is 0 Å². The summed E-state index contributed by atoms with van der Waals surface area (Å²) in [6.07, 6.45) is -5.01. The topological polar surface area (TPSA) is 77.8 Å². The van der Waals surface area contributed by atoms with E-state index >= 15 is 0 Å². The van der Waals surface area contributed by atoms with E-state index in [0.717, 1.165) is 11.6 Å². The molecule has 4 rings (SSSR count). The zero-order chi connectivity index (χ0) is 26.0. The molecule has 0 saturated carbocycles. The predicted octanol–water partition coefficient (Wildman–Crippen LogP) is 7.24. The summed E-state index contributed by atoms with van der Waals surface area (Å²) >= 11 is 11.8. The molecule has 186 valence electrons. The molecule has 0 aliphatic carbocycles. The van der Waals surface area contributed by atoms with Crippen molar-refractivity contribution in [3.05, 3.63) is 92.3 Å². The number of alkyl halides is 3. The Hall–Kier alpha value is -3.69. The Kier molecular flexibility index (Phi) is 7.14. The second-order valence-corrected chi connectivity index (χ2v) is 8.53. The van der Waals surface area contributed by atoms with Gasteiger partial charge < -0.3 is 19.2 Å². The average molecular weight is 538 g/mol. The third kappa shape index (κ3) is 5.92. The predicted molar refractivity (Wildman–Crippen MR) is 129 cm³/mol. The normalized spacial score (nSPS) is 11.4. The molecule has 4 aromatic rings. The van der Waals surface area contributed by atoms with Crippen LogP contribution in [0.4, 0.5) is 18.9 Å². The van der Waals surface area contributed by atoms with E-state index in [4.69, 9.17) is 37.1 Å². The Balaban J connectivity index is 1.59. The first-order valence-corrected chi connectivity index (χ1v) is 11.1. The maximum Gasteiger partial charge on any atom is 0.453 e. The lowest BCUT2D eigenvalue weighted by Gasteiger charge is -2.14. The molecule has 3 aromatic carbocycles. The highest BCUT2D eigenvalue weighted by Crippen LogP contribution is 2.38. The zero-order valence-corrected chi connectivity index (χ0v) is 19.9. The first-order chi connectivity index (χ1) is 17.0. The third-order valence-corrected chi connectivity index (χ3v) is 5.27. The van der Waals surface area contributed by atoms with Gasteiger partial charge in [0, 0.05) is 21.8 Å². The number of amides is 1. The van der Waals surface area contributed by atoms with Crippen LogP contribution in [0.1, 0.15) is 11.3 Å². The van der Waals surface area contributed by atoms with Crippen LogP contribution in [0.3, 0.4) is 0 Å². The summed E-state index contributed by atoms with van der Waals surface area (Å²) in [5.41, 5.74) is -0.197. The van der Waals surface area contributed by atoms with Crippen molar-refractivity contribution in [3.8, 4) is 17.2 Å². The average Bonchev–Trinajstić information content (AvgIpc) is 2.79. The van der Waals surface area contributed by atoms with Crippen LogP contribution < -0.4 is 20.2 Å². The maximum absolute atomic E-state index is 13.7. The quantitative estimate of drug-likeness (QED) is 0.280. The molecule has 1 aromatic heterocycles. The number of aryl methyl sites for hydroxylation is 1. The van der Waals surface area contributed by atoms with Gasteiger partial charge in [-0.05, 0) is 49.4 Å². The Morgan fingerprint density at radius 1 is 0.972 bits per heavy atom. The van der Waals surface area contributed by atoms with Crippen LogP contribution in [-0.2, 0) is 11.0 Å². The van der Waals surface area contributed by atoms with Gasteiger partial charge in [0.25, 0.3) is 11.7 Å². The zero-order valence-electron chi connectivity index (χ0n) is 18.4. The number of ether oxygens (including phenoxy) is 2. The van der Waals surface area contributed by atoms with Crippen molar-refractivity contribution in [2.75, 3.05) is 11.9 Å². The van der Waals surface area contributed by atoms with Gasteiger partial charge in [0.15, 0.2) is 6.61 Å². The van der Waals surface area contributed by atoms with Crippen LogP contribution in [0.5, 0.6) is 17.2 Å². The number of carbonyl (C=O) groups excluding carboxylic acids is 1. The van der Waals surface area contributed by atoms with Crippen molar-refractivity contribution < 1.29 is 31.9 Å². The number of hydrogen-bond donors (Lipinski definition) is 1. The summed E-state index contributed by atoms with van der Waals surface area (Å²) < 4.78 is 56.9. The maximum atomic E-state index is 13.7. The van der Waals surface area contributed by atoms with Crippen LogP contribution in [0.15, 0.2) is 69.9 Å². The molecule has 0 radical (unpaired) electrons. The van der Waals surface area contributed by atoms with Gasteiger partial charge in [-0.15, -0.1) is 0 Å². The SMILES string of the molecule is Cc1ccc(Oc2c(C(F)(F)F)oc3cc(OCC(=O)Nc4cc(Cl)cc(Cl)c4)ccc3c2=O)cc1. The number of halogens is 5. The number of rotatable bonds is 6. The lowest BCUT2D eigenvalue weighted by molar-refractivity contribution is -0.154. The molecule has 0 atom stereocenters. The second-order valence-electron chi connectivity index (χ2n) is 7.66. The minimum atomic E-state index is -5.01. The van der Waals surface area contributed by atoms with Crippen molar-refractivity contribution in [2.45, 2.75) is 13.1 Å². The number of benzene rings is 3. The van der Waals surface area contributed by atoms with Gasteiger partial charge in [-0.2, -0.15) is 13.2 Å². The van der Waals surface area contributed by atoms with Crippen LogP contribution in [-0.4, -0.2) is 12.5 Å². The number of fused-ring (bicyclic) bond motifs is 1.